The fourth-order valence-corrected chi connectivity index (χ4v) is 2.75. The molecular formula is C23H30ClN2O3P. The van der Waals surface area contributed by atoms with E-state index in [9.17, 15) is 4.79 Å². The zero-order valence-electron chi connectivity index (χ0n) is 17.5. The first kappa shape index (κ1) is 27.5. The number of carbonyl (C=O) groups excluding carboxylic acids is 1. The molecule has 0 saturated heterocycles. The Morgan fingerprint density at radius 1 is 1.13 bits per heavy atom. The third-order valence-electron chi connectivity index (χ3n) is 3.84. The summed E-state index contributed by atoms with van der Waals surface area (Å²) in [4.78, 5) is 10.5. The van der Waals surface area contributed by atoms with Gasteiger partial charge in [0.15, 0.2) is 0 Å². The van der Waals surface area contributed by atoms with E-state index in [1.165, 1.54) is 35.5 Å². The normalized spacial score (nSPS) is 9.13. The Hall–Kier alpha value is -2.46. The second-order valence-electron chi connectivity index (χ2n) is 6.09. The zero-order chi connectivity index (χ0) is 23.1. The maximum atomic E-state index is 10.5. The van der Waals surface area contributed by atoms with Gasteiger partial charge in [-0.1, -0.05) is 48.0 Å². The average Bonchev–Trinajstić information content (AvgIpc) is 2.71. The van der Waals surface area contributed by atoms with Crippen LogP contribution in [0.3, 0.4) is 0 Å². The van der Waals surface area contributed by atoms with Crippen LogP contribution in [0.25, 0.3) is 0 Å². The number of nitrogens with two attached hydrogens (primary N) is 1. The third-order valence-corrected chi connectivity index (χ3v) is 4.58. The second-order valence-corrected chi connectivity index (χ2v) is 6.91. The monoisotopic (exact) mass is 448 g/mol. The van der Waals surface area contributed by atoms with E-state index in [4.69, 9.17) is 33.0 Å². The van der Waals surface area contributed by atoms with Crippen molar-refractivity contribution in [2.45, 2.75) is 26.9 Å². The number of primary amides is 1. The molecule has 0 aromatic heterocycles. The number of amides is 1. The lowest BCUT2D eigenvalue weighted by molar-refractivity contribution is 0.100. The Kier molecular flexibility index (Phi) is 14.1. The van der Waals surface area contributed by atoms with Gasteiger partial charge in [-0.2, -0.15) is 0 Å². The number of hydrogen-bond acceptors (Lipinski definition) is 4. The van der Waals surface area contributed by atoms with Crippen molar-refractivity contribution in [2.75, 3.05) is 6.61 Å². The van der Waals surface area contributed by atoms with Crippen LogP contribution in [0, 0.1) is 19.3 Å². The molecule has 0 radical (unpaired) electrons. The van der Waals surface area contributed by atoms with Crippen LogP contribution in [0.5, 0.6) is 5.75 Å². The number of aliphatic hydroxyl groups excluding tert-OH is 1. The topological polar surface area (TPSA) is 107 Å². The van der Waals surface area contributed by atoms with Crippen LogP contribution >= 0.6 is 20.8 Å². The smallest absolute Gasteiger partial charge is 0.248 e. The number of phenols is 1. The standard InChI is InChI=1S/C14H18NP.C7H6ClNO2.C2H6O/c1-11-5-3-4-6-12(2)14(10-16)8-7-13(11)9-15;8-5-3-4(7(9)11)1-2-6(5)10;1-2-3/h3-9,15H,10,16H2,1-2H3;1-3,10H,(H2,9,11);3H,2H2,1H3. The predicted molar refractivity (Wildman–Crippen MR) is 129 cm³/mol. The Morgan fingerprint density at radius 2 is 1.70 bits per heavy atom. The van der Waals surface area contributed by atoms with Gasteiger partial charge in [0.25, 0.3) is 0 Å². The predicted octanol–water partition coefficient (Wildman–Crippen LogP) is 4.94. The first-order valence-electron chi connectivity index (χ1n) is 9.24. The van der Waals surface area contributed by atoms with Crippen LogP contribution < -0.4 is 5.73 Å². The van der Waals surface area contributed by atoms with Gasteiger partial charge in [0.05, 0.1) is 5.02 Å². The molecule has 0 aliphatic carbocycles. The quantitative estimate of drug-likeness (QED) is 0.394. The molecule has 162 valence electrons. The average molecular weight is 449 g/mol. The molecule has 0 heterocycles. The van der Waals surface area contributed by atoms with E-state index in [-0.39, 0.29) is 22.9 Å². The molecule has 2 rings (SSSR count). The number of halogens is 1. The highest BCUT2D eigenvalue weighted by Crippen LogP contribution is 2.23. The number of rotatable bonds is 3. The molecule has 0 aliphatic heterocycles. The van der Waals surface area contributed by atoms with Crippen LogP contribution in [0.2, 0.25) is 5.02 Å². The number of benzene rings is 1. The van der Waals surface area contributed by atoms with E-state index in [2.05, 4.69) is 28.3 Å². The molecule has 7 heteroatoms. The Morgan fingerprint density at radius 3 is 2.17 bits per heavy atom. The van der Waals surface area contributed by atoms with Gasteiger partial charge in [-0.15, -0.1) is 9.24 Å². The van der Waals surface area contributed by atoms with Crippen molar-refractivity contribution in [1.29, 1.82) is 5.41 Å². The SMILES string of the molecule is CCO.Cc1ccccc(C)c(CP)ccc1C=N.NC(=O)c1ccc(O)c(Cl)c1. The minimum atomic E-state index is -0.563. The first-order valence-corrected chi connectivity index (χ1v) is 10.4. The number of aliphatic hydroxyl groups is 1. The van der Waals surface area contributed by atoms with Crippen molar-refractivity contribution < 1.29 is 15.0 Å². The number of aromatic hydroxyl groups is 1. The summed E-state index contributed by atoms with van der Waals surface area (Å²) in [6.45, 7) is 6.06. The van der Waals surface area contributed by atoms with Crippen molar-refractivity contribution in [1.82, 2.24) is 0 Å². The van der Waals surface area contributed by atoms with Gasteiger partial charge >= 0.3 is 0 Å². The van der Waals surface area contributed by atoms with E-state index >= 15 is 0 Å². The molecule has 0 bridgehead atoms. The van der Waals surface area contributed by atoms with Crippen molar-refractivity contribution >= 4 is 33.0 Å². The van der Waals surface area contributed by atoms with Gasteiger partial charge < -0.3 is 21.4 Å². The summed E-state index contributed by atoms with van der Waals surface area (Å²) in [7, 11) is 2.74. The number of nitrogens with one attached hydrogen (secondary N) is 1. The summed E-state index contributed by atoms with van der Waals surface area (Å²) >= 11 is 5.50. The molecule has 2 aromatic carbocycles. The third kappa shape index (κ3) is 10.4. The first-order chi connectivity index (χ1) is 14.2. The number of phenolic OH excluding ortho intramolecular Hbond substituents is 1. The highest BCUT2D eigenvalue weighted by molar-refractivity contribution is 7.15. The number of hydrogen-bond donors (Lipinski definition) is 4. The summed E-state index contributed by atoms with van der Waals surface area (Å²) in [5, 5.41) is 24.0. The van der Waals surface area contributed by atoms with Crippen LogP contribution in [0.1, 0.15) is 39.5 Å². The summed E-state index contributed by atoms with van der Waals surface area (Å²) in [6.07, 6.45) is 2.33. The van der Waals surface area contributed by atoms with Gasteiger partial charge in [-0.25, -0.2) is 0 Å². The molecule has 0 aliphatic rings. The summed E-state index contributed by atoms with van der Waals surface area (Å²) in [6, 6.07) is 16.3. The van der Waals surface area contributed by atoms with Crippen molar-refractivity contribution in [3.8, 4) is 5.75 Å². The van der Waals surface area contributed by atoms with Crippen molar-refractivity contribution in [3.63, 3.8) is 0 Å². The molecule has 1 unspecified atom stereocenters. The largest absolute Gasteiger partial charge is 0.506 e. The molecule has 0 spiro atoms. The Balaban J connectivity index is 0.000000521. The lowest BCUT2D eigenvalue weighted by Crippen LogP contribution is -2.10. The zero-order valence-corrected chi connectivity index (χ0v) is 19.4. The van der Waals surface area contributed by atoms with Crippen LogP contribution in [-0.2, 0) is 6.16 Å². The van der Waals surface area contributed by atoms with E-state index in [1.807, 2.05) is 31.2 Å². The summed E-state index contributed by atoms with van der Waals surface area (Å²) in [5.41, 5.74) is 9.85. The van der Waals surface area contributed by atoms with E-state index < -0.39 is 5.91 Å². The molecule has 0 saturated carbocycles. The molecule has 1 atom stereocenters. The van der Waals surface area contributed by atoms with Gasteiger partial charge in [-0.05, 0) is 67.4 Å². The van der Waals surface area contributed by atoms with Crippen molar-refractivity contribution in [2.24, 2.45) is 5.73 Å². The fraction of sp³-hybridized carbons (Fsp3) is 0.217. The highest BCUT2D eigenvalue weighted by atomic mass is 35.5. The molecule has 1 amide bonds. The van der Waals surface area contributed by atoms with Gasteiger partial charge in [-0.3, -0.25) is 4.79 Å². The molecular weight excluding hydrogens is 419 g/mol. The van der Waals surface area contributed by atoms with E-state index in [1.54, 1.807) is 6.92 Å². The van der Waals surface area contributed by atoms with E-state index in [0.29, 0.717) is 0 Å². The molecule has 5 nitrogen and oxygen atoms in total. The van der Waals surface area contributed by atoms with Crippen LogP contribution in [0.4, 0.5) is 0 Å². The maximum Gasteiger partial charge on any atom is 0.248 e. The Bertz CT molecular complexity index is 903. The Labute approximate surface area is 186 Å². The molecule has 2 aromatic rings. The lowest BCUT2D eigenvalue weighted by Gasteiger charge is -1.99. The summed E-state index contributed by atoms with van der Waals surface area (Å²) in [5.74, 6) is -0.622. The minimum Gasteiger partial charge on any atom is -0.506 e. The molecule has 30 heavy (non-hydrogen) atoms. The highest BCUT2D eigenvalue weighted by Gasteiger charge is 2.03. The van der Waals surface area contributed by atoms with Gasteiger partial charge in [0.1, 0.15) is 5.75 Å². The minimum absolute atomic E-state index is 0.0586. The summed E-state index contributed by atoms with van der Waals surface area (Å²) < 4.78 is 0. The van der Waals surface area contributed by atoms with Crippen molar-refractivity contribution in [3.05, 3.63) is 87.4 Å². The maximum absolute atomic E-state index is 10.5. The van der Waals surface area contributed by atoms with Gasteiger partial charge in [0, 0.05) is 18.4 Å². The molecule has 5 N–H and O–H groups in total. The fourth-order valence-electron chi connectivity index (χ4n) is 2.11. The van der Waals surface area contributed by atoms with Crippen LogP contribution in [0.15, 0.2) is 54.6 Å². The van der Waals surface area contributed by atoms with Gasteiger partial charge in [0.2, 0.25) is 5.91 Å². The number of aryl methyl sites for hydroxylation is 2. The molecule has 0 fully saturated rings. The second kappa shape index (κ2) is 15.4. The van der Waals surface area contributed by atoms with Crippen LogP contribution in [-0.4, -0.2) is 28.9 Å². The van der Waals surface area contributed by atoms with E-state index in [0.717, 1.165) is 17.3 Å². The number of carbonyl (C=O) groups is 1. The lowest BCUT2D eigenvalue weighted by atomic mass is 10.1.